The topological polar surface area (TPSA) is 58.5 Å². The largest absolute Gasteiger partial charge is 0.401 e. The van der Waals surface area contributed by atoms with Gasteiger partial charge in [0.2, 0.25) is 0 Å². The van der Waals surface area contributed by atoms with E-state index in [1.807, 2.05) is 6.20 Å². The molecule has 6 heteroatoms. The Labute approximate surface area is 156 Å². The average molecular weight is 371 g/mol. The first kappa shape index (κ1) is 19.9. The van der Waals surface area contributed by atoms with E-state index in [1.54, 1.807) is 5.01 Å². The van der Waals surface area contributed by atoms with Crippen molar-refractivity contribution in [2.45, 2.75) is 71.3 Å². The van der Waals surface area contributed by atoms with Crippen LogP contribution in [0, 0.1) is 23.2 Å². The molecular formula is C20H36F2N4. The summed E-state index contributed by atoms with van der Waals surface area (Å²) in [7, 11) is 0. The highest BCUT2D eigenvalue weighted by Crippen LogP contribution is 2.55. The second-order valence-electron chi connectivity index (χ2n) is 9.58. The lowest BCUT2D eigenvalue weighted by atomic mass is 9.56. The van der Waals surface area contributed by atoms with Crippen molar-refractivity contribution >= 4 is 0 Å². The highest BCUT2D eigenvalue weighted by Gasteiger charge is 2.57. The van der Waals surface area contributed by atoms with Gasteiger partial charge in [-0.3, -0.25) is 0 Å². The van der Waals surface area contributed by atoms with Crippen molar-refractivity contribution in [3.8, 4) is 0 Å². The van der Waals surface area contributed by atoms with E-state index in [9.17, 15) is 8.78 Å². The number of nitrogens with two attached hydrogens (primary N) is 2. The van der Waals surface area contributed by atoms with Crippen LogP contribution in [0.4, 0.5) is 8.78 Å². The molecule has 0 aromatic rings. The number of alkyl halides is 2. The van der Waals surface area contributed by atoms with Crippen molar-refractivity contribution in [2.24, 2.45) is 34.7 Å². The summed E-state index contributed by atoms with van der Waals surface area (Å²) in [5.41, 5.74) is 7.52. The van der Waals surface area contributed by atoms with Gasteiger partial charge in [0.25, 0.3) is 5.92 Å². The van der Waals surface area contributed by atoms with Crippen LogP contribution in [-0.2, 0) is 0 Å². The molecule has 2 aliphatic carbocycles. The Balaban J connectivity index is 1.38. The number of likely N-dealkylation sites (tertiary alicyclic amines) is 1. The van der Waals surface area contributed by atoms with Gasteiger partial charge in [0, 0.05) is 36.8 Å². The summed E-state index contributed by atoms with van der Waals surface area (Å²) >= 11 is 0. The fourth-order valence-electron chi connectivity index (χ4n) is 4.75. The molecule has 150 valence electrons. The molecule has 0 radical (unpaired) electrons. The summed E-state index contributed by atoms with van der Waals surface area (Å²) in [4.78, 5) is 2.25. The maximum Gasteiger partial charge on any atom is 0.252 e. The van der Waals surface area contributed by atoms with Gasteiger partial charge < -0.3 is 15.6 Å². The Hall–Kier alpha value is -0.880. The molecule has 1 spiro atoms. The molecule has 2 atom stereocenters. The minimum atomic E-state index is -2.38. The fourth-order valence-corrected chi connectivity index (χ4v) is 4.75. The highest BCUT2D eigenvalue weighted by molar-refractivity contribution is 5.05. The van der Waals surface area contributed by atoms with Gasteiger partial charge in [0.05, 0.1) is 0 Å². The second kappa shape index (κ2) is 7.27. The third-order valence-electron chi connectivity index (χ3n) is 7.07. The minimum Gasteiger partial charge on any atom is -0.401 e. The van der Waals surface area contributed by atoms with Gasteiger partial charge >= 0.3 is 0 Å². The van der Waals surface area contributed by atoms with Crippen molar-refractivity contribution in [3.63, 3.8) is 0 Å². The Morgan fingerprint density at radius 2 is 1.77 bits per heavy atom. The van der Waals surface area contributed by atoms with Crippen LogP contribution in [0.15, 0.2) is 11.9 Å². The third kappa shape index (κ3) is 4.50. The monoisotopic (exact) mass is 370 g/mol. The van der Waals surface area contributed by atoms with E-state index in [4.69, 9.17) is 11.6 Å². The molecule has 3 rings (SSSR count). The molecule has 1 heterocycles. The Kier molecular flexibility index (Phi) is 5.55. The molecule has 0 bridgehead atoms. The molecule has 0 amide bonds. The van der Waals surface area contributed by atoms with Gasteiger partial charge in [-0.1, -0.05) is 13.8 Å². The third-order valence-corrected chi connectivity index (χ3v) is 7.07. The molecule has 1 aliphatic heterocycles. The lowest BCUT2D eigenvalue weighted by Gasteiger charge is -2.52. The van der Waals surface area contributed by atoms with Crippen molar-refractivity contribution in [1.82, 2.24) is 9.91 Å². The van der Waals surface area contributed by atoms with Crippen LogP contribution < -0.4 is 11.6 Å². The number of rotatable bonds is 7. The quantitative estimate of drug-likeness (QED) is 0.532. The molecule has 4 nitrogen and oxygen atoms in total. The average Bonchev–Trinajstić information content (AvgIpc) is 3.13. The van der Waals surface area contributed by atoms with Crippen LogP contribution in [-0.4, -0.2) is 41.5 Å². The van der Waals surface area contributed by atoms with Crippen LogP contribution in [0.5, 0.6) is 0 Å². The summed E-state index contributed by atoms with van der Waals surface area (Å²) in [6.07, 6.45) is 7.65. The number of hydrogen-bond donors (Lipinski definition) is 2. The van der Waals surface area contributed by atoms with Crippen molar-refractivity contribution in [1.29, 1.82) is 0 Å². The first-order valence-electron chi connectivity index (χ1n) is 10.2. The minimum absolute atomic E-state index is 0.0932. The predicted octanol–water partition coefficient (Wildman–Crippen LogP) is 3.54. The fraction of sp³-hybridized carbons (Fsp3) is 0.900. The zero-order valence-corrected chi connectivity index (χ0v) is 16.6. The van der Waals surface area contributed by atoms with Crippen LogP contribution >= 0.6 is 0 Å². The van der Waals surface area contributed by atoms with E-state index >= 15 is 0 Å². The smallest absolute Gasteiger partial charge is 0.252 e. The van der Waals surface area contributed by atoms with E-state index in [0.717, 1.165) is 38.0 Å². The van der Waals surface area contributed by atoms with Crippen LogP contribution in [0.3, 0.4) is 0 Å². The lowest BCUT2D eigenvalue weighted by molar-refractivity contribution is -0.0173. The number of allylic oxidation sites excluding steroid dienone is 1. The Morgan fingerprint density at radius 1 is 1.19 bits per heavy atom. The van der Waals surface area contributed by atoms with Crippen LogP contribution in [0.25, 0.3) is 0 Å². The van der Waals surface area contributed by atoms with E-state index in [-0.39, 0.29) is 18.4 Å². The van der Waals surface area contributed by atoms with E-state index in [1.165, 1.54) is 12.8 Å². The molecule has 4 N–H and O–H groups in total. The molecule has 3 fully saturated rings. The highest BCUT2D eigenvalue weighted by atomic mass is 19.3. The maximum absolute atomic E-state index is 13.1. The van der Waals surface area contributed by atoms with Gasteiger partial charge in [-0.2, -0.15) is 0 Å². The van der Waals surface area contributed by atoms with E-state index in [2.05, 4.69) is 25.7 Å². The SMILES string of the molecule is CC(C)C(C)N(N)/C=C(\N)CC1CC2(CCN(CC3CC3(F)F)CC2)C1. The Morgan fingerprint density at radius 3 is 2.27 bits per heavy atom. The number of piperidine rings is 1. The van der Waals surface area contributed by atoms with Crippen LogP contribution in [0.2, 0.25) is 0 Å². The number of hydrogen-bond acceptors (Lipinski definition) is 4. The molecule has 2 saturated carbocycles. The van der Waals surface area contributed by atoms with Crippen molar-refractivity contribution in [2.75, 3.05) is 19.6 Å². The molecular weight excluding hydrogens is 334 g/mol. The first-order valence-corrected chi connectivity index (χ1v) is 10.2. The molecule has 2 unspecified atom stereocenters. The predicted molar refractivity (Wildman–Crippen MR) is 101 cm³/mol. The Bertz CT molecular complexity index is 518. The molecule has 3 aliphatic rings. The van der Waals surface area contributed by atoms with Crippen molar-refractivity contribution in [3.05, 3.63) is 11.9 Å². The normalized spacial score (nSPS) is 29.7. The van der Waals surface area contributed by atoms with Gasteiger partial charge in [-0.15, -0.1) is 0 Å². The molecule has 0 aromatic heterocycles. The standard InChI is InChI=1S/C20H36F2N4/c1-14(2)15(3)26(24)13-18(23)8-16-9-19(10-16)4-6-25(7-5-19)12-17-11-20(17,21)22/h13-17H,4-12,23-24H2,1-3H3/b18-13-. The van der Waals surface area contributed by atoms with E-state index < -0.39 is 5.92 Å². The van der Waals surface area contributed by atoms with Gasteiger partial charge in [0.15, 0.2) is 0 Å². The van der Waals surface area contributed by atoms with Gasteiger partial charge in [-0.25, -0.2) is 14.6 Å². The molecule has 0 aromatic carbocycles. The van der Waals surface area contributed by atoms with Crippen LogP contribution in [0.1, 0.15) is 59.3 Å². The summed E-state index contributed by atoms with van der Waals surface area (Å²) in [6.45, 7) is 8.96. The zero-order valence-electron chi connectivity index (χ0n) is 16.6. The number of hydrazine groups is 1. The lowest BCUT2D eigenvalue weighted by Crippen LogP contribution is -2.48. The summed E-state index contributed by atoms with van der Waals surface area (Å²) < 4.78 is 26.2. The molecule has 26 heavy (non-hydrogen) atoms. The second-order valence-corrected chi connectivity index (χ2v) is 9.58. The summed E-state index contributed by atoms with van der Waals surface area (Å²) in [5, 5.41) is 1.74. The molecule has 1 saturated heterocycles. The van der Waals surface area contributed by atoms with Gasteiger partial charge in [-0.05, 0) is 69.4 Å². The summed E-state index contributed by atoms with van der Waals surface area (Å²) in [6, 6.07) is 0.268. The van der Waals surface area contributed by atoms with Crippen molar-refractivity contribution < 1.29 is 8.78 Å². The number of halogens is 2. The first-order chi connectivity index (χ1) is 12.1. The van der Waals surface area contributed by atoms with E-state index in [0.29, 0.717) is 23.8 Å². The zero-order chi connectivity index (χ0) is 19.1. The van der Waals surface area contributed by atoms with Gasteiger partial charge in [0.1, 0.15) is 0 Å². The maximum atomic E-state index is 13.1. The number of nitrogens with zero attached hydrogens (tertiary/aromatic N) is 2. The summed E-state index contributed by atoms with van der Waals surface area (Å²) in [5.74, 6) is 4.45.